The van der Waals surface area contributed by atoms with Crippen LogP contribution in [0.25, 0.3) is 0 Å². The summed E-state index contributed by atoms with van der Waals surface area (Å²) in [7, 11) is 0. The number of nitrogens with zero attached hydrogens (tertiary/aromatic N) is 3. The molecule has 0 N–H and O–H groups in total. The smallest absolute Gasteiger partial charge is 0.221 e. The molecule has 0 aliphatic carbocycles. The standard InChI is InChI=1S/C6H7N3O/c1-6(10)9(4-2-7)5-3-8/h4-5H2,1H3. The minimum absolute atomic E-state index is 0.0110. The van der Waals surface area contributed by atoms with Crippen molar-refractivity contribution in [3.63, 3.8) is 0 Å². The zero-order valence-corrected chi connectivity index (χ0v) is 5.66. The summed E-state index contributed by atoms with van der Waals surface area (Å²) >= 11 is 0. The third-order valence-electron chi connectivity index (χ3n) is 0.968. The Hall–Kier alpha value is -1.55. The first kappa shape index (κ1) is 8.45. The highest BCUT2D eigenvalue weighted by Crippen LogP contribution is 1.85. The Morgan fingerprint density at radius 3 is 2.00 bits per heavy atom. The number of nitriles is 2. The molecule has 0 radical (unpaired) electrons. The highest BCUT2D eigenvalue weighted by Gasteiger charge is 2.04. The maximum atomic E-state index is 10.5. The molecule has 0 unspecified atom stereocenters. The van der Waals surface area contributed by atoms with Crippen LogP contribution in [0.3, 0.4) is 0 Å². The van der Waals surface area contributed by atoms with Gasteiger partial charge in [0, 0.05) is 6.92 Å². The van der Waals surface area contributed by atoms with Crippen LogP contribution >= 0.6 is 0 Å². The van der Waals surface area contributed by atoms with Crippen molar-refractivity contribution in [2.24, 2.45) is 0 Å². The topological polar surface area (TPSA) is 67.9 Å². The molecule has 0 saturated carbocycles. The first-order valence-corrected chi connectivity index (χ1v) is 2.71. The van der Waals surface area contributed by atoms with Gasteiger partial charge in [0.05, 0.1) is 12.1 Å². The fraction of sp³-hybridized carbons (Fsp3) is 0.500. The molecule has 4 heteroatoms. The SMILES string of the molecule is CC(=O)N(CC#N)CC#N. The van der Waals surface area contributed by atoms with Crippen molar-refractivity contribution in [2.45, 2.75) is 6.92 Å². The van der Waals surface area contributed by atoms with Gasteiger partial charge in [0.25, 0.3) is 0 Å². The van der Waals surface area contributed by atoms with Crippen molar-refractivity contribution in [2.75, 3.05) is 13.1 Å². The Balaban J connectivity index is 3.90. The Kier molecular flexibility index (Phi) is 3.67. The molecule has 0 aliphatic rings. The van der Waals surface area contributed by atoms with Gasteiger partial charge in [0.1, 0.15) is 13.1 Å². The van der Waals surface area contributed by atoms with E-state index in [9.17, 15) is 4.79 Å². The van der Waals surface area contributed by atoms with Gasteiger partial charge < -0.3 is 4.90 Å². The van der Waals surface area contributed by atoms with Gasteiger partial charge in [0.2, 0.25) is 5.91 Å². The first-order chi connectivity index (χ1) is 4.72. The van der Waals surface area contributed by atoms with Crippen LogP contribution in [-0.4, -0.2) is 23.9 Å². The highest BCUT2D eigenvalue weighted by molar-refractivity contribution is 5.73. The molecule has 10 heavy (non-hydrogen) atoms. The van der Waals surface area contributed by atoms with E-state index >= 15 is 0 Å². The first-order valence-electron chi connectivity index (χ1n) is 2.71. The average molecular weight is 137 g/mol. The monoisotopic (exact) mass is 137 g/mol. The lowest BCUT2D eigenvalue weighted by atomic mass is 10.5. The van der Waals surface area contributed by atoms with Crippen molar-refractivity contribution in [1.82, 2.24) is 4.90 Å². The van der Waals surface area contributed by atoms with E-state index in [0.717, 1.165) is 0 Å². The predicted molar refractivity (Wildman–Crippen MR) is 33.5 cm³/mol. The van der Waals surface area contributed by atoms with Gasteiger partial charge in [-0.05, 0) is 0 Å². The summed E-state index contributed by atoms with van der Waals surface area (Å²) in [6.07, 6.45) is 0. The summed E-state index contributed by atoms with van der Waals surface area (Å²) in [5.74, 6) is -0.247. The van der Waals surface area contributed by atoms with E-state index in [1.807, 2.05) is 0 Å². The summed E-state index contributed by atoms with van der Waals surface area (Å²) in [5, 5.41) is 16.3. The van der Waals surface area contributed by atoms with Crippen LogP contribution in [0, 0.1) is 22.7 Å². The maximum Gasteiger partial charge on any atom is 0.221 e. The van der Waals surface area contributed by atoms with Crippen LogP contribution in [-0.2, 0) is 4.79 Å². The molecule has 0 aromatic rings. The molecule has 0 aromatic carbocycles. The van der Waals surface area contributed by atoms with Gasteiger partial charge in [-0.2, -0.15) is 10.5 Å². The lowest BCUT2D eigenvalue weighted by molar-refractivity contribution is -0.127. The Morgan fingerprint density at radius 2 is 1.80 bits per heavy atom. The molecule has 0 saturated heterocycles. The minimum atomic E-state index is -0.247. The summed E-state index contributed by atoms with van der Waals surface area (Å²) in [6.45, 7) is 1.31. The fourth-order valence-corrected chi connectivity index (χ4v) is 0.449. The van der Waals surface area contributed by atoms with Gasteiger partial charge in [-0.1, -0.05) is 0 Å². The molecular formula is C6H7N3O. The van der Waals surface area contributed by atoms with E-state index < -0.39 is 0 Å². The molecule has 0 atom stereocenters. The van der Waals surface area contributed by atoms with Crippen LogP contribution in [0.1, 0.15) is 6.92 Å². The Labute approximate surface area is 59.3 Å². The second-order valence-electron chi connectivity index (χ2n) is 1.69. The van der Waals surface area contributed by atoms with Crippen LogP contribution in [0.5, 0.6) is 0 Å². The molecular weight excluding hydrogens is 130 g/mol. The fourth-order valence-electron chi connectivity index (χ4n) is 0.449. The van der Waals surface area contributed by atoms with E-state index in [1.165, 1.54) is 11.8 Å². The number of hydrogen-bond acceptors (Lipinski definition) is 3. The third kappa shape index (κ3) is 2.68. The Morgan fingerprint density at radius 1 is 1.40 bits per heavy atom. The zero-order valence-electron chi connectivity index (χ0n) is 5.66. The van der Waals surface area contributed by atoms with Gasteiger partial charge >= 0.3 is 0 Å². The minimum Gasteiger partial charge on any atom is -0.316 e. The molecule has 0 spiro atoms. The van der Waals surface area contributed by atoms with Gasteiger partial charge in [-0.25, -0.2) is 0 Å². The molecule has 0 aliphatic heterocycles. The van der Waals surface area contributed by atoms with Crippen molar-refractivity contribution in [3.8, 4) is 12.1 Å². The molecule has 4 nitrogen and oxygen atoms in total. The molecule has 0 fully saturated rings. The summed E-state index contributed by atoms with van der Waals surface area (Å²) in [5.41, 5.74) is 0. The van der Waals surface area contributed by atoms with Crippen LogP contribution in [0.4, 0.5) is 0 Å². The number of amides is 1. The largest absolute Gasteiger partial charge is 0.316 e. The van der Waals surface area contributed by atoms with Crippen molar-refractivity contribution >= 4 is 5.91 Å². The van der Waals surface area contributed by atoms with E-state index in [-0.39, 0.29) is 19.0 Å². The van der Waals surface area contributed by atoms with Crippen molar-refractivity contribution < 1.29 is 4.79 Å². The van der Waals surface area contributed by atoms with E-state index in [2.05, 4.69) is 0 Å². The predicted octanol–water partition coefficient (Wildman–Crippen LogP) is -0.118. The maximum absolute atomic E-state index is 10.5. The number of carbonyl (C=O) groups excluding carboxylic acids is 1. The molecule has 0 aromatic heterocycles. The van der Waals surface area contributed by atoms with E-state index in [1.54, 1.807) is 12.1 Å². The van der Waals surface area contributed by atoms with Crippen molar-refractivity contribution in [1.29, 1.82) is 10.5 Å². The second-order valence-corrected chi connectivity index (χ2v) is 1.69. The molecule has 52 valence electrons. The zero-order chi connectivity index (χ0) is 7.98. The van der Waals surface area contributed by atoms with Gasteiger partial charge in [-0.3, -0.25) is 4.79 Å². The molecule has 0 rings (SSSR count). The molecule has 1 amide bonds. The summed E-state index contributed by atoms with van der Waals surface area (Å²) in [6, 6.07) is 3.58. The van der Waals surface area contributed by atoms with Gasteiger partial charge in [-0.15, -0.1) is 0 Å². The Bertz CT molecular complexity index is 182. The second kappa shape index (κ2) is 4.34. The van der Waals surface area contributed by atoms with Crippen molar-refractivity contribution in [3.05, 3.63) is 0 Å². The highest BCUT2D eigenvalue weighted by atomic mass is 16.2. The molecule has 0 bridgehead atoms. The lowest BCUT2D eigenvalue weighted by Gasteiger charge is -2.11. The molecule has 0 heterocycles. The van der Waals surface area contributed by atoms with Crippen LogP contribution < -0.4 is 0 Å². The summed E-state index contributed by atoms with van der Waals surface area (Å²) in [4.78, 5) is 11.7. The third-order valence-corrected chi connectivity index (χ3v) is 0.968. The quantitative estimate of drug-likeness (QED) is 0.498. The van der Waals surface area contributed by atoms with Crippen LogP contribution in [0.15, 0.2) is 0 Å². The van der Waals surface area contributed by atoms with Crippen LogP contribution in [0.2, 0.25) is 0 Å². The number of rotatable bonds is 2. The number of hydrogen-bond donors (Lipinski definition) is 0. The lowest BCUT2D eigenvalue weighted by Crippen LogP contribution is -2.29. The summed E-state index contributed by atoms with van der Waals surface area (Å²) < 4.78 is 0. The van der Waals surface area contributed by atoms with E-state index in [4.69, 9.17) is 10.5 Å². The van der Waals surface area contributed by atoms with Gasteiger partial charge in [0.15, 0.2) is 0 Å². The normalized spacial score (nSPS) is 7.50. The number of carbonyl (C=O) groups is 1. The average Bonchev–Trinajstić information content (AvgIpc) is 1.87. The van der Waals surface area contributed by atoms with E-state index in [0.29, 0.717) is 0 Å².